The zero-order valence-electron chi connectivity index (χ0n) is 17.9. The first kappa shape index (κ1) is 22.9. The van der Waals surface area contributed by atoms with Gasteiger partial charge in [0.25, 0.3) is 5.82 Å². The van der Waals surface area contributed by atoms with Crippen molar-refractivity contribution in [3.05, 3.63) is 98.7 Å². The van der Waals surface area contributed by atoms with E-state index in [9.17, 15) is 9.59 Å². The fourth-order valence-electron chi connectivity index (χ4n) is 3.23. The van der Waals surface area contributed by atoms with E-state index < -0.39 is 12.6 Å². The molecule has 0 aliphatic rings. The van der Waals surface area contributed by atoms with E-state index in [1.807, 2.05) is 56.3 Å². The fourth-order valence-corrected chi connectivity index (χ4v) is 3.62. The maximum absolute atomic E-state index is 12.7. The smallest absolute Gasteiger partial charge is 0.378 e. The summed E-state index contributed by atoms with van der Waals surface area (Å²) in [5, 5.41) is 4.95. The second-order valence-electron chi connectivity index (χ2n) is 7.40. The molecule has 0 radical (unpaired) electrons. The molecule has 0 saturated heterocycles. The number of carbonyl (C=O) groups excluding carboxylic acids is 2. The molecule has 0 N–H and O–H groups in total. The zero-order chi connectivity index (χ0) is 23.5. The summed E-state index contributed by atoms with van der Waals surface area (Å²) in [5.74, 6) is -0.758. The lowest BCUT2D eigenvalue weighted by atomic mass is 10.1. The number of halogens is 2. The molecule has 0 atom stereocenters. The van der Waals surface area contributed by atoms with Crippen molar-refractivity contribution in [3.63, 3.8) is 0 Å². The molecule has 0 saturated carbocycles. The Hall–Kier alpha value is -3.29. The molecular formula is C25H19BrClN3O3. The molecule has 0 aliphatic carbocycles. The molecule has 0 bridgehead atoms. The third-order valence-corrected chi connectivity index (χ3v) is 5.98. The Kier molecular flexibility index (Phi) is 6.72. The highest BCUT2D eigenvalue weighted by Crippen LogP contribution is 2.26. The average molecular weight is 525 g/mol. The molecule has 4 aromatic rings. The Morgan fingerprint density at radius 2 is 1.70 bits per heavy atom. The van der Waals surface area contributed by atoms with Gasteiger partial charge in [0.05, 0.1) is 5.69 Å². The van der Waals surface area contributed by atoms with Crippen molar-refractivity contribution in [1.82, 2.24) is 14.8 Å². The lowest BCUT2D eigenvalue weighted by Crippen LogP contribution is -2.15. The minimum Gasteiger partial charge on any atom is -0.451 e. The maximum atomic E-state index is 12.7. The Morgan fingerprint density at radius 3 is 2.39 bits per heavy atom. The third-order valence-electron chi connectivity index (χ3n) is 5.20. The molecule has 8 heteroatoms. The zero-order valence-corrected chi connectivity index (χ0v) is 20.2. The van der Waals surface area contributed by atoms with Crippen molar-refractivity contribution in [1.29, 1.82) is 0 Å². The van der Waals surface area contributed by atoms with E-state index in [0.717, 1.165) is 26.9 Å². The number of carbonyl (C=O) groups is 2. The standard InChI is InChI=1S/C25H19BrClN3O3/c1-15-4-3-5-21(16(15)2)30-24(18-6-10-19(26)11-7-18)28-23(29-30)25(32)33-14-22(31)17-8-12-20(27)13-9-17/h3-13H,14H2,1-2H3. The highest BCUT2D eigenvalue weighted by Gasteiger charge is 2.22. The first-order valence-corrected chi connectivity index (χ1v) is 11.3. The number of hydrogen-bond donors (Lipinski definition) is 0. The van der Waals surface area contributed by atoms with Crippen LogP contribution in [0.1, 0.15) is 32.1 Å². The van der Waals surface area contributed by atoms with Crippen LogP contribution in [0.15, 0.2) is 71.2 Å². The highest BCUT2D eigenvalue weighted by molar-refractivity contribution is 9.10. The van der Waals surface area contributed by atoms with E-state index in [2.05, 4.69) is 26.0 Å². The van der Waals surface area contributed by atoms with E-state index in [4.69, 9.17) is 16.3 Å². The molecule has 0 spiro atoms. The Morgan fingerprint density at radius 1 is 1.00 bits per heavy atom. The predicted molar refractivity (Wildman–Crippen MR) is 130 cm³/mol. The van der Waals surface area contributed by atoms with Crippen molar-refractivity contribution >= 4 is 39.3 Å². The van der Waals surface area contributed by atoms with Crippen LogP contribution in [0, 0.1) is 13.8 Å². The summed E-state index contributed by atoms with van der Waals surface area (Å²) in [5.41, 5.74) is 4.08. The first-order chi connectivity index (χ1) is 15.8. The van der Waals surface area contributed by atoms with Crippen molar-refractivity contribution in [2.24, 2.45) is 0 Å². The minimum atomic E-state index is -0.778. The molecule has 3 aromatic carbocycles. The second kappa shape index (κ2) is 9.68. The van der Waals surface area contributed by atoms with Gasteiger partial charge in [0, 0.05) is 20.6 Å². The van der Waals surface area contributed by atoms with Crippen LogP contribution >= 0.6 is 27.5 Å². The number of aromatic nitrogens is 3. The molecule has 0 unspecified atom stereocenters. The minimum absolute atomic E-state index is 0.127. The number of nitrogens with zero attached hydrogens (tertiary/aromatic N) is 3. The lowest BCUT2D eigenvalue weighted by Gasteiger charge is -2.11. The number of ketones is 1. The Balaban J connectivity index is 1.65. The Labute approximate surface area is 204 Å². The summed E-state index contributed by atoms with van der Waals surface area (Å²) in [6.45, 7) is 3.57. The highest BCUT2D eigenvalue weighted by atomic mass is 79.9. The molecule has 6 nitrogen and oxygen atoms in total. The van der Waals surface area contributed by atoms with E-state index >= 15 is 0 Å². The van der Waals surface area contributed by atoms with Gasteiger partial charge in [0.1, 0.15) is 0 Å². The van der Waals surface area contributed by atoms with E-state index in [1.54, 1.807) is 28.9 Å². The van der Waals surface area contributed by atoms with Crippen molar-refractivity contribution in [2.45, 2.75) is 13.8 Å². The summed E-state index contributed by atoms with van der Waals surface area (Å²) in [4.78, 5) is 29.5. The number of rotatable bonds is 6. The van der Waals surface area contributed by atoms with Crippen LogP contribution in [-0.2, 0) is 4.74 Å². The van der Waals surface area contributed by atoms with Gasteiger partial charge in [-0.2, -0.15) is 0 Å². The van der Waals surface area contributed by atoms with Gasteiger partial charge < -0.3 is 4.74 Å². The van der Waals surface area contributed by atoms with Crippen molar-refractivity contribution in [3.8, 4) is 17.1 Å². The van der Waals surface area contributed by atoms with Crippen LogP contribution in [0.25, 0.3) is 17.1 Å². The van der Waals surface area contributed by atoms with Gasteiger partial charge in [0.15, 0.2) is 18.2 Å². The SMILES string of the molecule is Cc1cccc(-n2nc(C(=O)OCC(=O)c3ccc(Cl)cc3)nc2-c2ccc(Br)cc2)c1C. The van der Waals surface area contributed by atoms with E-state index in [0.29, 0.717) is 16.4 Å². The van der Waals surface area contributed by atoms with Crippen LogP contribution in [-0.4, -0.2) is 33.1 Å². The molecule has 4 rings (SSSR count). The van der Waals surface area contributed by atoms with E-state index in [-0.39, 0.29) is 11.6 Å². The fraction of sp³-hybridized carbons (Fsp3) is 0.120. The van der Waals surface area contributed by atoms with Gasteiger partial charge in [-0.25, -0.2) is 14.5 Å². The van der Waals surface area contributed by atoms with Gasteiger partial charge in [0.2, 0.25) is 0 Å². The molecule has 0 amide bonds. The van der Waals surface area contributed by atoms with Crippen LogP contribution in [0.2, 0.25) is 5.02 Å². The van der Waals surface area contributed by atoms with Crippen LogP contribution in [0.4, 0.5) is 0 Å². The normalized spacial score (nSPS) is 10.8. The summed E-state index contributed by atoms with van der Waals surface area (Å²) < 4.78 is 7.77. The molecule has 33 heavy (non-hydrogen) atoms. The number of benzene rings is 3. The van der Waals surface area contributed by atoms with Crippen molar-refractivity contribution < 1.29 is 14.3 Å². The molecule has 166 valence electrons. The van der Waals surface area contributed by atoms with Gasteiger partial charge in [-0.05, 0) is 67.4 Å². The van der Waals surface area contributed by atoms with Crippen molar-refractivity contribution in [2.75, 3.05) is 6.61 Å². The van der Waals surface area contributed by atoms with Gasteiger partial charge >= 0.3 is 5.97 Å². The predicted octanol–water partition coefficient (Wildman–Crippen LogP) is 6.01. The van der Waals surface area contributed by atoms with E-state index in [1.165, 1.54) is 0 Å². The van der Waals surface area contributed by atoms with Crippen LogP contribution in [0.5, 0.6) is 0 Å². The quantitative estimate of drug-likeness (QED) is 0.228. The average Bonchev–Trinajstić information content (AvgIpc) is 3.25. The number of hydrogen-bond acceptors (Lipinski definition) is 5. The number of aryl methyl sites for hydroxylation is 1. The summed E-state index contributed by atoms with van der Waals surface area (Å²) >= 11 is 9.29. The molecule has 0 fully saturated rings. The van der Waals surface area contributed by atoms with Gasteiger partial charge in [-0.15, -0.1) is 5.10 Å². The number of esters is 1. The number of Topliss-reactive ketones (excluding diaryl/α,β-unsaturated/α-hetero) is 1. The Bertz CT molecular complexity index is 1330. The maximum Gasteiger partial charge on any atom is 0.378 e. The summed E-state index contributed by atoms with van der Waals surface area (Å²) in [6.07, 6.45) is 0. The molecule has 1 aromatic heterocycles. The van der Waals surface area contributed by atoms with Gasteiger partial charge in [-0.3, -0.25) is 4.79 Å². The lowest BCUT2D eigenvalue weighted by molar-refractivity contribution is 0.0462. The molecule has 0 aliphatic heterocycles. The van der Waals surface area contributed by atoms with Crippen LogP contribution in [0.3, 0.4) is 0 Å². The second-order valence-corrected chi connectivity index (χ2v) is 8.76. The van der Waals surface area contributed by atoms with Crippen LogP contribution < -0.4 is 0 Å². The molecule has 1 heterocycles. The summed E-state index contributed by atoms with van der Waals surface area (Å²) in [7, 11) is 0. The first-order valence-electron chi connectivity index (χ1n) is 10.1. The van der Waals surface area contributed by atoms with Gasteiger partial charge in [-0.1, -0.05) is 51.8 Å². The monoisotopic (exact) mass is 523 g/mol. The summed E-state index contributed by atoms with van der Waals surface area (Å²) in [6, 6.07) is 19.8. The largest absolute Gasteiger partial charge is 0.451 e. The molecular weight excluding hydrogens is 506 g/mol. The third kappa shape index (κ3) is 5.05. The number of ether oxygens (including phenoxy) is 1. The topological polar surface area (TPSA) is 74.1 Å².